The molecular formula is C39H32N2O6S. The van der Waals surface area contributed by atoms with Crippen LogP contribution >= 0.6 is 0 Å². The summed E-state index contributed by atoms with van der Waals surface area (Å²) < 4.78 is 44.9. The third-order valence-electron chi connectivity index (χ3n) is 7.21. The molecule has 0 spiro atoms. The van der Waals surface area contributed by atoms with Crippen molar-refractivity contribution in [3.63, 3.8) is 0 Å². The van der Waals surface area contributed by atoms with Gasteiger partial charge in [-0.05, 0) is 84.9 Å². The lowest BCUT2D eigenvalue weighted by Crippen LogP contribution is -2.25. The van der Waals surface area contributed by atoms with Gasteiger partial charge >= 0.3 is 0 Å². The Morgan fingerprint density at radius 3 is 1.44 bits per heavy atom. The molecule has 0 aromatic heterocycles. The van der Waals surface area contributed by atoms with E-state index in [2.05, 4.69) is 23.7 Å². The molecule has 9 heteroatoms. The number of ether oxygens (including phenoxy) is 3. The zero-order valence-electron chi connectivity index (χ0n) is 26.5. The van der Waals surface area contributed by atoms with Crippen molar-refractivity contribution in [3.8, 4) is 72.4 Å². The summed E-state index contributed by atoms with van der Waals surface area (Å²) in [5.74, 6) is 11.8. The van der Waals surface area contributed by atoms with Gasteiger partial charge in [0.1, 0.15) is 17.2 Å². The van der Waals surface area contributed by atoms with E-state index in [4.69, 9.17) is 39.9 Å². The van der Waals surface area contributed by atoms with Crippen molar-refractivity contribution in [2.75, 3.05) is 50.2 Å². The van der Waals surface area contributed by atoms with Crippen LogP contribution in [0.25, 0.3) is 0 Å². The standard InChI is InChI=1S/C39H32N2O6S/c1-7-23-40(24-8-2)35-27-33(19-21-37(35)46-6)48(43,44)34-20-22-38(36(28-34)41(25-9-3)26-10-4)47-32-17-13-30(14-18-32)39(42)29-11-15-31(45-5)16-12-29/h1-4,11-22,27-28H,23-26H2,5-6H3. The first kappa shape index (κ1) is 34.6. The number of rotatable bonds is 14. The van der Waals surface area contributed by atoms with E-state index in [-0.39, 0.29) is 41.8 Å². The van der Waals surface area contributed by atoms with Crippen molar-refractivity contribution in [2.45, 2.75) is 9.79 Å². The van der Waals surface area contributed by atoms with E-state index in [1.165, 1.54) is 37.4 Å². The van der Waals surface area contributed by atoms with Crippen LogP contribution in [-0.2, 0) is 9.84 Å². The minimum absolute atomic E-state index is 0.00507. The maximum Gasteiger partial charge on any atom is 0.206 e. The summed E-state index contributed by atoms with van der Waals surface area (Å²) in [5, 5.41) is 0. The number of carbonyl (C=O) groups is 1. The SMILES string of the molecule is C#CCN(CC#C)c1cc(S(=O)(=O)c2ccc(Oc3ccc(C(=O)c4ccc(OC)cc4)cc3)c(N(CC#C)CC#C)c2)ccc1OC. The molecule has 0 saturated heterocycles. The molecule has 0 aliphatic carbocycles. The summed E-state index contributed by atoms with van der Waals surface area (Å²) in [7, 11) is -1.06. The van der Waals surface area contributed by atoms with Crippen LogP contribution in [0.4, 0.5) is 11.4 Å². The fourth-order valence-electron chi connectivity index (χ4n) is 4.82. The van der Waals surface area contributed by atoms with Gasteiger partial charge in [-0.2, -0.15) is 0 Å². The fourth-order valence-corrected chi connectivity index (χ4v) is 6.12. The number of ketones is 1. The molecule has 4 aromatic rings. The first-order chi connectivity index (χ1) is 23.2. The number of nitrogens with zero attached hydrogens (tertiary/aromatic N) is 2. The van der Waals surface area contributed by atoms with Crippen LogP contribution < -0.4 is 24.0 Å². The van der Waals surface area contributed by atoms with Crippen LogP contribution in [0.5, 0.6) is 23.0 Å². The number of benzene rings is 4. The largest absolute Gasteiger partial charge is 0.497 e. The monoisotopic (exact) mass is 656 g/mol. The molecule has 0 N–H and O–H groups in total. The lowest BCUT2D eigenvalue weighted by molar-refractivity contribution is 0.103. The zero-order valence-corrected chi connectivity index (χ0v) is 27.3. The molecule has 0 heterocycles. The lowest BCUT2D eigenvalue weighted by Gasteiger charge is -2.24. The summed E-state index contributed by atoms with van der Waals surface area (Å²) in [5.41, 5.74) is 1.76. The van der Waals surface area contributed by atoms with Gasteiger partial charge in [0.05, 0.1) is 61.6 Å². The minimum atomic E-state index is -4.09. The highest BCUT2D eigenvalue weighted by atomic mass is 32.2. The van der Waals surface area contributed by atoms with Gasteiger partial charge in [0.25, 0.3) is 0 Å². The third-order valence-corrected chi connectivity index (χ3v) is 8.96. The van der Waals surface area contributed by atoms with Crippen LogP contribution in [0.2, 0.25) is 0 Å². The van der Waals surface area contributed by atoms with Gasteiger partial charge in [-0.15, -0.1) is 25.7 Å². The summed E-state index contributed by atoms with van der Waals surface area (Å²) >= 11 is 0. The second-order valence-electron chi connectivity index (χ2n) is 10.2. The Bertz CT molecular complexity index is 2030. The average molecular weight is 657 g/mol. The van der Waals surface area contributed by atoms with Gasteiger partial charge in [-0.25, -0.2) is 8.42 Å². The van der Waals surface area contributed by atoms with Gasteiger partial charge < -0.3 is 24.0 Å². The summed E-state index contributed by atoms with van der Waals surface area (Å²) in [6.45, 7) is 0.451. The second-order valence-corrected chi connectivity index (χ2v) is 12.1. The molecule has 0 atom stereocenters. The highest BCUT2D eigenvalue weighted by Crippen LogP contribution is 2.38. The smallest absolute Gasteiger partial charge is 0.206 e. The number of hydrogen-bond donors (Lipinski definition) is 0. The number of carbonyl (C=O) groups excluding carboxylic acids is 1. The van der Waals surface area contributed by atoms with Gasteiger partial charge in [-0.3, -0.25) is 4.79 Å². The van der Waals surface area contributed by atoms with Gasteiger partial charge in [0.15, 0.2) is 11.5 Å². The third kappa shape index (κ3) is 7.75. The molecule has 48 heavy (non-hydrogen) atoms. The highest BCUT2D eigenvalue weighted by molar-refractivity contribution is 7.91. The summed E-state index contributed by atoms with van der Waals surface area (Å²) in [4.78, 5) is 16.3. The Balaban J connectivity index is 1.72. The lowest BCUT2D eigenvalue weighted by atomic mass is 10.0. The number of sulfone groups is 1. The molecule has 0 amide bonds. The van der Waals surface area contributed by atoms with Crippen molar-refractivity contribution < 1.29 is 27.4 Å². The van der Waals surface area contributed by atoms with Crippen LogP contribution in [0.15, 0.2) is 94.7 Å². The van der Waals surface area contributed by atoms with E-state index in [1.54, 1.807) is 71.5 Å². The molecule has 240 valence electrons. The van der Waals surface area contributed by atoms with E-state index < -0.39 is 9.84 Å². The predicted octanol–water partition coefficient (Wildman–Crippen LogP) is 5.71. The molecule has 4 aromatic carbocycles. The van der Waals surface area contributed by atoms with Crippen molar-refractivity contribution in [3.05, 3.63) is 96.1 Å². The number of hydrogen-bond acceptors (Lipinski definition) is 8. The normalized spacial score (nSPS) is 10.4. The van der Waals surface area contributed by atoms with Crippen LogP contribution in [0.3, 0.4) is 0 Å². The van der Waals surface area contributed by atoms with Crippen molar-refractivity contribution in [1.29, 1.82) is 0 Å². The Hall–Kier alpha value is -6.26. The van der Waals surface area contributed by atoms with Crippen molar-refractivity contribution in [2.24, 2.45) is 0 Å². The quantitative estimate of drug-likeness (QED) is 0.126. The Labute approximate surface area is 282 Å². The molecule has 0 unspecified atom stereocenters. The molecule has 8 nitrogen and oxygen atoms in total. The number of methoxy groups -OCH3 is 2. The van der Waals surface area contributed by atoms with Crippen LogP contribution in [-0.4, -0.2) is 54.6 Å². The maximum absolute atomic E-state index is 14.0. The molecule has 0 radical (unpaired) electrons. The first-order valence-electron chi connectivity index (χ1n) is 14.5. The topological polar surface area (TPSA) is 85.4 Å². The van der Waals surface area contributed by atoms with E-state index in [0.717, 1.165) is 0 Å². The molecule has 0 aliphatic heterocycles. The number of terminal acetylenes is 4. The molecule has 4 rings (SSSR count). The Kier molecular flexibility index (Phi) is 11.4. The molecule has 0 bridgehead atoms. The first-order valence-corrected chi connectivity index (χ1v) is 16.0. The summed E-state index contributed by atoms with van der Waals surface area (Å²) in [6.07, 6.45) is 22.4. The maximum atomic E-state index is 14.0. The van der Waals surface area contributed by atoms with E-state index in [9.17, 15) is 13.2 Å². The Morgan fingerprint density at radius 1 is 0.604 bits per heavy atom. The minimum Gasteiger partial charge on any atom is -0.497 e. The predicted molar refractivity (Wildman–Crippen MR) is 188 cm³/mol. The fraction of sp³-hybridized carbons (Fsp3) is 0.154. The molecule has 0 saturated carbocycles. The van der Waals surface area contributed by atoms with E-state index in [1.807, 2.05) is 0 Å². The van der Waals surface area contributed by atoms with Gasteiger partial charge in [0, 0.05) is 11.1 Å². The van der Waals surface area contributed by atoms with Crippen LogP contribution in [0, 0.1) is 49.4 Å². The highest BCUT2D eigenvalue weighted by Gasteiger charge is 2.24. The van der Waals surface area contributed by atoms with Crippen molar-refractivity contribution >= 4 is 27.0 Å². The molecular weight excluding hydrogens is 625 g/mol. The molecule has 0 aliphatic rings. The van der Waals surface area contributed by atoms with E-state index >= 15 is 0 Å². The van der Waals surface area contributed by atoms with Crippen LogP contribution in [0.1, 0.15) is 15.9 Å². The zero-order chi connectivity index (χ0) is 34.7. The second kappa shape index (κ2) is 15.8. The molecule has 0 fully saturated rings. The van der Waals surface area contributed by atoms with Gasteiger partial charge in [0.2, 0.25) is 9.84 Å². The van der Waals surface area contributed by atoms with E-state index in [0.29, 0.717) is 45.5 Å². The van der Waals surface area contributed by atoms with Crippen molar-refractivity contribution in [1.82, 2.24) is 0 Å². The number of anilines is 2. The Morgan fingerprint density at radius 2 is 1.02 bits per heavy atom. The average Bonchev–Trinajstić information content (AvgIpc) is 3.11. The van der Waals surface area contributed by atoms with Gasteiger partial charge in [-0.1, -0.05) is 23.7 Å². The summed E-state index contributed by atoms with van der Waals surface area (Å²) in [6, 6.07) is 22.3.